The van der Waals surface area contributed by atoms with Gasteiger partial charge in [0.1, 0.15) is 0 Å². The van der Waals surface area contributed by atoms with E-state index in [2.05, 4.69) is 15.3 Å². The highest BCUT2D eigenvalue weighted by atomic mass is 32.2. The fourth-order valence-corrected chi connectivity index (χ4v) is 5.24. The molecule has 3 aromatic heterocycles. The van der Waals surface area contributed by atoms with Gasteiger partial charge in [-0.1, -0.05) is 23.9 Å². The Hall–Kier alpha value is -2.16. The van der Waals surface area contributed by atoms with Crippen molar-refractivity contribution in [2.75, 3.05) is 5.75 Å². The summed E-state index contributed by atoms with van der Waals surface area (Å²) in [6, 6.07) is 11.7. The van der Waals surface area contributed by atoms with Crippen LogP contribution in [0.25, 0.3) is 21.0 Å². The Bertz CT molecular complexity index is 1000. The maximum absolute atomic E-state index is 12.2. The van der Waals surface area contributed by atoms with Crippen LogP contribution in [0.15, 0.2) is 51.4 Å². The summed E-state index contributed by atoms with van der Waals surface area (Å²) < 4.78 is 7.43. The van der Waals surface area contributed by atoms with Crippen LogP contribution in [0.1, 0.15) is 10.6 Å². The van der Waals surface area contributed by atoms with Gasteiger partial charge >= 0.3 is 0 Å². The van der Waals surface area contributed by atoms with Crippen molar-refractivity contribution in [2.45, 2.75) is 17.8 Å². The van der Waals surface area contributed by atoms with Gasteiger partial charge in [0.2, 0.25) is 5.91 Å². The Balaban J connectivity index is 1.32. The van der Waals surface area contributed by atoms with E-state index in [1.165, 1.54) is 23.1 Å². The van der Waals surface area contributed by atoms with Gasteiger partial charge in [-0.25, -0.2) is 9.97 Å². The van der Waals surface area contributed by atoms with Gasteiger partial charge in [-0.3, -0.25) is 4.79 Å². The number of aryl methyl sites for hydroxylation is 1. The molecular formula is C18H15N3O2S3. The van der Waals surface area contributed by atoms with Gasteiger partial charge in [0.25, 0.3) is 0 Å². The minimum absolute atomic E-state index is 0.0124. The minimum Gasteiger partial charge on any atom is -0.462 e. The largest absolute Gasteiger partial charge is 0.462 e. The number of nitrogens with zero attached hydrogens (tertiary/aromatic N) is 2. The van der Waals surface area contributed by atoms with Crippen molar-refractivity contribution in [1.29, 1.82) is 0 Å². The Morgan fingerprint density at radius 1 is 1.19 bits per heavy atom. The highest BCUT2D eigenvalue weighted by Gasteiger charge is 2.13. The van der Waals surface area contributed by atoms with E-state index in [0.717, 1.165) is 35.9 Å². The van der Waals surface area contributed by atoms with Gasteiger partial charge in [0.05, 0.1) is 34.5 Å². The molecule has 0 fully saturated rings. The topological polar surface area (TPSA) is 68.0 Å². The van der Waals surface area contributed by atoms with Crippen LogP contribution >= 0.6 is 34.4 Å². The predicted molar refractivity (Wildman–Crippen MR) is 107 cm³/mol. The van der Waals surface area contributed by atoms with Crippen molar-refractivity contribution in [3.8, 4) is 10.8 Å². The van der Waals surface area contributed by atoms with E-state index in [4.69, 9.17) is 4.42 Å². The normalized spacial score (nSPS) is 11.1. The lowest BCUT2D eigenvalue weighted by molar-refractivity contribution is -0.118. The maximum atomic E-state index is 12.2. The number of thioether (sulfide) groups is 1. The first-order chi connectivity index (χ1) is 12.7. The van der Waals surface area contributed by atoms with Crippen molar-refractivity contribution in [3.05, 3.63) is 53.2 Å². The number of hydrogen-bond acceptors (Lipinski definition) is 7. The molecule has 5 nitrogen and oxygen atoms in total. The third-order valence-electron chi connectivity index (χ3n) is 3.67. The van der Waals surface area contributed by atoms with Gasteiger partial charge < -0.3 is 9.73 Å². The van der Waals surface area contributed by atoms with E-state index in [-0.39, 0.29) is 5.91 Å². The van der Waals surface area contributed by atoms with Crippen LogP contribution < -0.4 is 5.32 Å². The number of para-hydroxylation sites is 1. The van der Waals surface area contributed by atoms with E-state index < -0.39 is 0 Å². The first kappa shape index (κ1) is 17.3. The number of furan rings is 1. The second-order valence-corrected chi connectivity index (χ2v) is 8.85. The number of rotatable bonds is 6. The molecule has 0 atom stereocenters. The number of fused-ring (bicyclic) bond motifs is 1. The Morgan fingerprint density at radius 2 is 2.08 bits per heavy atom. The first-order valence-electron chi connectivity index (χ1n) is 7.94. The molecular weight excluding hydrogens is 386 g/mol. The number of hydrogen-bond donors (Lipinski definition) is 1. The van der Waals surface area contributed by atoms with Crippen LogP contribution in [-0.2, 0) is 11.3 Å². The second-order valence-electron chi connectivity index (χ2n) is 5.52. The molecule has 132 valence electrons. The fraction of sp³-hybridized carbons (Fsp3) is 0.167. The lowest BCUT2D eigenvalue weighted by atomic mass is 10.3. The molecule has 0 spiro atoms. The first-order valence-corrected chi connectivity index (χ1v) is 10.6. The molecule has 0 aliphatic carbocycles. The number of carbonyl (C=O) groups excluding carboxylic acids is 1. The summed E-state index contributed by atoms with van der Waals surface area (Å²) in [6.07, 6.45) is 1.63. The lowest BCUT2D eigenvalue weighted by Gasteiger charge is -2.02. The molecule has 0 saturated heterocycles. The Morgan fingerprint density at radius 3 is 2.88 bits per heavy atom. The van der Waals surface area contributed by atoms with Gasteiger partial charge in [0, 0.05) is 4.88 Å². The zero-order valence-electron chi connectivity index (χ0n) is 13.9. The van der Waals surface area contributed by atoms with Crippen LogP contribution in [0.2, 0.25) is 0 Å². The van der Waals surface area contributed by atoms with E-state index >= 15 is 0 Å². The monoisotopic (exact) mass is 401 g/mol. The molecule has 0 saturated carbocycles. The van der Waals surface area contributed by atoms with Crippen molar-refractivity contribution < 1.29 is 9.21 Å². The van der Waals surface area contributed by atoms with Crippen LogP contribution in [0.3, 0.4) is 0 Å². The summed E-state index contributed by atoms with van der Waals surface area (Å²) in [4.78, 5) is 22.2. The smallest absolute Gasteiger partial charge is 0.230 e. The average Bonchev–Trinajstić information content (AvgIpc) is 3.37. The van der Waals surface area contributed by atoms with Crippen molar-refractivity contribution in [1.82, 2.24) is 15.3 Å². The summed E-state index contributed by atoms with van der Waals surface area (Å²) in [5, 5.41) is 3.79. The molecule has 1 N–H and O–H groups in total. The van der Waals surface area contributed by atoms with Crippen LogP contribution in [-0.4, -0.2) is 21.6 Å². The Labute approximate surface area is 162 Å². The van der Waals surface area contributed by atoms with Crippen molar-refractivity contribution >= 4 is 50.6 Å². The molecule has 0 unspecified atom stereocenters. The standard InChI is InChI=1S/C18H15N3O2S3/c1-11-15(25-17(20-11)13-6-4-8-23-13)9-19-16(22)10-24-18-21-12-5-2-3-7-14(12)26-18/h2-8H,9-10H2,1H3,(H,19,22). The van der Waals surface area contributed by atoms with Gasteiger partial charge in [-0.05, 0) is 31.2 Å². The Kier molecular flexibility index (Phi) is 5.05. The molecule has 0 bridgehead atoms. The van der Waals surface area contributed by atoms with E-state index in [9.17, 15) is 4.79 Å². The summed E-state index contributed by atoms with van der Waals surface area (Å²) in [5.74, 6) is 1.09. The molecule has 4 rings (SSSR count). The maximum Gasteiger partial charge on any atom is 0.230 e. The molecule has 0 radical (unpaired) electrons. The summed E-state index contributed by atoms with van der Waals surface area (Å²) >= 11 is 4.62. The molecule has 4 aromatic rings. The number of carbonyl (C=O) groups is 1. The average molecular weight is 402 g/mol. The van der Waals surface area contributed by atoms with Crippen molar-refractivity contribution in [3.63, 3.8) is 0 Å². The quantitative estimate of drug-likeness (QED) is 0.473. The fourth-order valence-electron chi connectivity index (χ4n) is 2.37. The third kappa shape index (κ3) is 3.82. The van der Waals surface area contributed by atoms with E-state index in [1.807, 2.05) is 43.3 Å². The number of nitrogens with one attached hydrogen (secondary N) is 1. The lowest BCUT2D eigenvalue weighted by Crippen LogP contribution is -2.24. The molecule has 0 aliphatic rings. The summed E-state index contributed by atoms with van der Waals surface area (Å²) in [7, 11) is 0. The van der Waals surface area contributed by atoms with Crippen LogP contribution in [0, 0.1) is 6.92 Å². The molecule has 1 aromatic carbocycles. The molecule has 1 amide bonds. The minimum atomic E-state index is -0.0124. The summed E-state index contributed by atoms with van der Waals surface area (Å²) in [6.45, 7) is 2.42. The van der Waals surface area contributed by atoms with Crippen LogP contribution in [0.5, 0.6) is 0 Å². The van der Waals surface area contributed by atoms with E-state index in [0.29, 0.717) is 12.3 Å². The molecule has 3 heterocycles. The number of amides is 1. The number of thiazole rings is 2. The molecule has 8 heteroatoms. The van der Waals surface area contributed by atoms with E-state index in [1.54, 1.807) is 17.6 Å². The van der Waals surface area contributed by atoms with Gasteiger partial charge in [-0.15, -0.1) is 22.7 Å². The molecule has 0 aliphatic heterocycles. The predicted octanol–water partition coefficient (Wildman–Crippen LogP) is 4.73. The number of benzene rings is 1. The highest BCUT2D eigenvalue weighted by molar-refractivity contribution is 8.01. The van der Waals surface area contributed by atoms with Gasteiger partial charge in [-0.2, -0.15) is 0 Å². The third-order valence-corrected chi connectivity index (χ3v) is 7.02. The zero-order valence-corrected chi connectivity index (χ0v) is 16.3. The van der Waals surface area contributed by atoms with Gasteiger partial charge in [0.15, 0.2) is 15.1 Å². The molecule has 26 heavy (non-hydrogen) atoms. The highest BCUT2D eigenvalue weighted by Crippen LogP contribution is 2.30. The summed E-state index contributed by atoms with van der Waals surface area (Å²) in [5.41, 5.74) is 1.90. The SMILES string of the molecule is Cc1nc(-c2ccco2)sc1CNC(=O)CSc1nc2ccccc2s1. The van der Waals surface area contributed by atoms with Crippen molar-refractivity contribution in [2.24, 2.45) is 0 Å². The second kappa shape index (κ2) is 7.61. The number of aromatic nitrogens is 2. The zero-order chi connectivity index (χ0) is 17.9. The van der Waals surface area contributed by atoms with Crippen LogP contribution in [0.4, 0.5) is 0 Å².